The molecule has 3 rings (SSSR count). The number of nitrogens with zero attached hydrogens (tertiary/aromatic N) is 2. The Morgan fingerprint density at radius 3 is 2.12 bits per heavy atom. The van der Waals surface area contributed by atoms with Gasteiger partial charge in [-0.3, -0.25) is 19.3 Å². The summed E-state index contributed by atoms with van der Waals surface area (Å²) in [4.78, 5) is 53.9. The van der Waals surface area contributed by atoms with Crippen LogP contribution in [0.5, 0.6) is 0 Å². The van der Waals surface area contributed by atoms with Gasteiger partial charge in [0, 0.05) is 12.6 Å². The van der Waals surface area contributed by atoms with Crippen LogP contribution in [-0.2, 0) is 24.2 Å². The lowest BCUT2D eigenvalue weighted by Gasteiger charge is -2.31. The number of esters is 1. The Morgan fingerprint density at radius 2 is 1.69 bits per heavy atom. The Morgan fingerprint density at radius 1 is 1.12 bits per heavy atom. The molecular formula is C22H28N2O7S. The van der Waals surface area contributed by atoms with E-state index in [9.17, 15) is 27.6 Å². The second-order valence-corrected chi connectivity index (χ2v) is 10.7. The highest BCUT2D eigenvalue weighted by Crippen LogP contribution is 2.28. The Labute approximate surface area is 187 Å². The number of carbonyl (C=O) groups is 4. The van der Waals surface area contributed by atoms with Crippen LogP contribution in [0.3, 0.4) is 0 Å². The number of imide groups is 1. The molecule has 0 aromatic heterocycles. The van der Waals surface area contributed by atoms with Gasteiger partial charge >= 0.3 is 5.97 Å². The molecule has 1 aromatic carbocycles. The van der Waals surface area contributed by atoms with Gasteiger partial charge in [0.2, 0.25) is 0 Å². The van der Waals surface area contributed by atoms with Crippen molar-refractivity contribution in [2.75, 3.05) is 18.1 Å². The van der Waals surface area contributed by atoms with Gasteiger partial charge < -0.3 is 9.64 Å². The van der Waals surface area contributed by atoms with Crippen LogP contribution in [-0.4, -0.2) is 78.1 Å². The lowest BCUT2D eigenvalue weighted by molar-refractivity contribution is -0.164. The molecule has 1 aromatic rings. The molecule has 10 heteroatoms. The molecule has 0 radical (unpaired) electrons. The van der Waals surface area contributed by atoms with Crippen LogP contribution < -0.4 is 0 Å². The van der Waals surface area contributed by atoms with Crippen LogP contribution in [0.15, 0.2) is 24.3 Å². The lowest BCUT2D eigenvalue weighted by atomic mass is 10.0. The largest absolute Gasteiger partial charge is 0.451 e. The van der Waals surface area contributed by atoms with Gasteiger partial charge in [-0.15, -0.1) is 0 Å². The zero-order chi connectivity index (χ0) is 23.8. The number of benzene rings is 1. The summed E-state index contributed by atoms with van der Waals surface area (Å²) in [6.45, 7) is 6.78. The summed E-state index contributed by atoms with van der Waals surface area (Å²) in [5.74, 6) is -3.06. The van der Waals surface area contributed by atoms with Gasteiger partial charge in [0.1, 0.15) is 6.04 Å². The van der Waals surface area contributed by atoms with Crippen molar-refractivity contribution in [3.63, 3.8) is 0 Å². The Balaban J connectivity index is 1.76. The molecule has 0 bridgehead atoms. The SMILES string of the molecule is CCN(C(=O)[C@H](C)OC(=O)[C@@H](C(C)C)N1C(=O)c2ccccc2C1=O)[C@@H]1CCS(=O)(=O)C1. The number of hydrogen-bond donors (Lipinski definition) is 0. The second kappa shape index (κ2) is 9.01. The maximum absolute atomic E-state index is 13.0. The Hall–Kier alpha value is -2.75. The fraction of sp³-hybridized carbons (Fsp3) is 0.545. The third kappa shape index (κ3) is 4.41. The zero-order valence-corrected chi connectivity index (χ0v) is 19.4. The molecule has 32 heavy (non-hydrogen) atoms. The van der Waals surface area contributed by atoms with Crippen molar-refractivity contribution >= 4 is 33.5 Å². The topological polar surface area (TPSA) is 118 Å². The highest BCUT2D eigenvalue weighted by molar-refractivity contribution is 7.91. The highest BCUT2D eigenvalue weighted by atomic mass is 32.2. The smallest absolute Gasteiger partial charge is 0.330 e. The van der Waals surface area contributed by atoms with E-state index in [4.69, 9.17) is 4.74 Å². The van der Waals surface area contributed by atoms with Crippen molar-refractivity contribution in [2.24, 2.45) is 5.92 Å². The first-order valence-electron chi connectivity index (χ1n) is 10.7. The summed E-state index contributed by atoms with van der Waals surface area (Å²) in [6, 6.07) is 4.67. The molecule has 2 aliphatic rings. The van der Waals surface area contributed by atoms with Gasteiger partial charge in [-0.1, -0.05) is 26.0 Å². The normalized spacial score (nSPS) is 21.4. The average Bonchev–Trinajstić information content (AvgIpc) is 3.20. The monoisotopic (exact) mass is 464 g/mol. The molecule has 0 aliphatic carbocycles. The van der Waals surface area contributed by atoms with Gasteiger partial charge in [0.05, 0.1) is 22.6 Å². The van der Waals surface area contributed by atoms with E-state index in [2.05, 4.69) is 0 Å². The summed E-state index contributed by atoms with van der Waals surface area (Å²) in [5, 5.41) is 0. The predicted octanol–water partition coefficient (Wildman–Crippen LogP) is 1.27. The summed E-state index contributed by atoms with van der Waals surface area (Å²) < 4.78 is 29.0. The molecule has 2 heterocycles. The number of rotatable bonds is 7. The number of fused-ring (bicyclic) bond motifs is 1. The van der Waals surface area contributed by atoms with E-state index < -0.39 is 57.6 Å². The molecule has 0 unspecified atom stereocenters. The number of amides is 3. The number of ether oxygens (including phenoxy) is 1. The molecule has 0 saturated carbocycles. The van der Waals surface area contributed by atoms with Gasteiger partial charge in [-0.05, 0) is 38.3 Å². The van der Waals surface area contributed by atoms with Crippen LogP contribution >= 0.6 is 0 Å². The number of likely N-dealkylation sites (N-methyl/N-ethyl adjacent to an activating group) is 1. The third-order valence-electron chi connectivity index (χ3n) is 5.89. The van der Waals surface area contributed by atoms with Crippen LogP contribution in [0.2, 0.25) is 0 Å². The average molecular weight is 465 g/mol. The highest BCUT2D eigenvalue weighted by Gasteiger charge is 2.45. The summed E-state index contributed by atoms with van der Waals surface area (Å²) >= 11 is 0. The standard InChI is InChI=1S/C22H28N2O7S/c1-5-23(15-10-11-32(29,30)12-15)19(25)14(4)31-22(28)18(13(2)3)24-20(26)16-8-6-7-9-17(16)21(24)27/h6-9,13-15,18H,5,10-12H2,1-4H3/t14-,15+,18+/m0/s1. The fourth-order valence-corrected chi connectivity index (χ4v) is 6.01. The van der Waals surface area contributed by atoms with E-state index in [1.165, 1.54) is 24.0 Å². The van der Waals surface area contributed by atoms with Crippen molar-refractivity contribution in [1.82, 2.24) is 9.80 Å². The van der Waals surface area contributed by atoms with Crippen molar-refractivity contribution in [1.29, 1.82) is 0 Å². The van der Waals surface area contributed by atoms with Gasteiger partial charge in [0.15, 0.2) is 15.9 Å². The van der Waals surface area contributed by atoms with E-state index in [1.54, 1.807) is 32.9 Å². The molecule has 1 saturated heterocycles. The number of hydrogen-bond acceptors (Lipinski definition) is 7. The minimum absolute atomic E-state index is 0.0186. The third-order valence-corrected chi connectivity index (χ3v) is 7.64. The van der Waals surface area contributed by atoms with Gasteiger partial charge in [-0.25, -0.2) is 13.2 Å². The quantitative estimate of drug-likeness (QED) is 0.440. The summed E-state index contributed by atoms with van der Waals surface area (Å²) in [7, 11) is -3.19. The molecule has 9 nitrogen and oxygen atoms in total. The van der Waals surface area contributed by atoms with Crippen LogP contribution in [0.1, 0.15) is 54.8 Å². The maximum atomic E-state index is 13.0. The van der Waals surface area contributed by atoms with E-state index in [0.29, 0.717) is 6.42 Å². The Bertz CT molecular complexity index is 1020. The second-order valence-electron chi connectivity index (χ2n) is 8.47. The molecule has 174 valence electrons. The van der Waals surface area contributed by atoms with Gasteiger partial charge in [0.25, 0.3) is 17.7 Å². The van der Waals surface area contributed by atoms with E-state index in [0.717, 1.165) is 4.90 Å². The Kier molecular flexibility index (Phi) is 6.73. The maximum Gasteiger partial charge on any atom is 0.330 e. The van der Waals surface area contributed by atoms with Crippen molar-refractivity contribution < 1.29 is 32.3 Å². The molecular weight excluding hydrogens is 436 g/mol. The molecule has 2 aliphatic heterocycles. The first-order valence-corrected chi connectivity index (χ1v) is 12.5. The van der Waals surface area contributed by atoms with Crippen molar-refractivity contribution in [3.8, 4) is 0 Å². The zero-order valence-electron chi connectivity index (χ0n) is 18.6. The summed E-state index contributed by atoms with van der Waals surface area (Å²) in [6.07, 6.45) is -0.853. The van der Waals surface area contributed by atoms with E-state index >= 15 is 0 Å². The molecule has 3 atom stereocenters. The minimum atomic E-state index is -3.19. The van der Waals surface area contributed by atoms with Gasteiger partial charge in [-0.2, -0.15) is 0 Å². The van der Waals surface area contributed by atoms with Crippen LogP contribution in [0, 0.1) is 5.92 Å². The predicted molar refractivity (Wildman–Crippen MR) is 116 cm³/mol. The summed E-state index contributed by atoms with van der Waals surface area (Å²) in [5.41, 5.74) is 0.444. The van der Waals surface area contributed by atoms with Crippen molar-refractivity contribution in [2.45, 2.75) is 52.3 Å². The van der Waals surface area contributed by atoms with Crippen LogP contribution in [0.4, 0.5) is 0 Å². The molecule has 0 spiro atoms. The number of sulfone groups is 1. The fourth-order valence-electron chi connectivity index (χ4n) is 4.28. The van der Waals surface area contributed by atoms with Crippen molar-refractivity contribution in [3.05, 3.63) is 35.4 Å². The number of carbonyl (C=O) groups excluding carboxylic acids is 4. The van der Waals surface area contributed by atoms with E-state index in [-0.39, 0.29) is 29.2 Å². The molecule has 1 fully saturated rings. The lowest BCUT2D eigenvalue weighted by Crippen LogP contribution is -2.51. The first kappa shape index (κ1) is 23.9. The minimum Gasteiger partial charge on any atom is -0.451 e. The molecule has 3 amide bonds. The first-order chi connectivity index (χ1) is 15.0. The molecule has 0 N–H and O–H groups in total. The van der Waals surface area contributed by atoms with Crippen LogP contribution in [0.25, 0.3) is 0 Å². The van der Waals surface area contributed by atoms with E-state index in [1.807, 2.05) is 0 Å².